The second-order valence-corrected chi connectivity index (χ2v) is 7.24. The van der Waals surface area contributed by atoms with Crippen LogP contribution in [-0.2, 0) is 4.79 Å². The largest absolute Gasteiger partial charge is 0.339 e. The molecule has 3 aromatic carbocycles. The van der Waals surface area contributed by atoms with E-state index < -0.39 is 6.17 Å². The summed E-state index contributed by atoms with van der Waals surface area (Å²) < 4.78 is 13.2. The van der Waals surface area contributed by atoms with Gasteiger partial charge in [-0.3, -0.25) is 4.79 Å². The summed E-state index contributed by atoms with van der Waals surface area (Å²) in [4.78, 5) is 17.7. The minimum absolute atomic E-state index is 0.298. The number of carbonyl (C=O) groups excluding carboxylic acids is 1. The maximum atomic E-state index is 13.2. The number of aliphatic imine (C=N–C) groups is 1. The number of nitrogens with one attached hydrogen (secondary N) is 2. The molecule has 6 nitrogen and oxygen atoms in total. The SMILES string of the molecule is O=C1Nc2ccccc2C(c2ccccc2)=NC1Nc1ccc(-c2ccc(F)cc2)nn1. The predicted molar refractivity (Wildman–Crippen MR) is 122 cm³/mol. The normalized spacial score (nSPS) is 15.2. The molecule has 2 N–H and O–H groups in total. The van der Waals surface area contributed by atoms with E-state index in [1.165, 1.54) is 12.1 Å². The Morgan fingerprint density at radius 1 is 0.781 bits per heavy atom. The molecule has 0 bridgehead atoms. The molecule has 0 spiro atoms. The quantitative estimate of drug-likeness (QED) is 0.506. The van der Waals surface area contributed by atoms with Gasteiger partial charge in [0, 0.05) is 16.7 Å². The second-order valence-electron chi connectivity index (χ2n) is 7.24. The number of halogens is 1. The lowest BCUT2D eigenvalue weighted by Gasteiger charge is -2.13. The fourth-order valence-electron chi connectivity index (χ4n) is 3.50. The van der Waals surface area contributed by atoms with Gasteiger partial charge in [0.25, 0.3) is 5.91 Å². The Balaban J connectivity index is 1.46. The van der Waals surface area contributed by atoms with E-state index in [1.807, 2.05) is 54.6 Å². The molecule has 1 amide bonds. The Kier molecular flexibility index (Phi) is 5.13. The molecule has 156 valence electrons. The van der Waals surface area contributed by atoms with E-state index in [1.54, 1.807) is 24.3 Å². The highest BCUT2D eigenvalue weighted by Gasteiger charge is 2.26. The van der Waals surface area contributed by atoms with E-state index in [4.69, 9.17) is 4.99 Å². The van der Waals surface area contributed by atoms with Crippen molar-refractivity contribution in [1.29, 1.82) is 0 Å². The molecule has 0 aliphatic carbocycles. The maximum absolute atomic E-state index is 13.2. The molecule has 1 aliphatic heterocycles. The molecule has 1 aromatic heterocycles. The number of benzene rings is 3. The van der Waals surface area contributed by atoms with Gasteiger partial charge in [0.05, 0.1) is 17.1 Å². The van der Waals surface area contributed by atoms with Gasteiger partial charge in [-0.05, 0) is 42.5 Å². The zero-order valence-electron chi connectivity index (χ0n) is 16.9. The first-order valence-corrected chi connectivity index (χ1v) is 10.1. The number of anilines is 2. The van der Waals surface area contributed by atoms with Gasteiger partial charge in [-0.1, -0.05) is 48.5 Å². The molecular weight excluding hydrogens is 405 g/mol. The number of aromatic nitrogens is 2. The third kappa shape index (κ3) is 3.96. The Labute approximate surface area is 183 Å². The van der Waals surface area contributed by atoms with Gasteiger partial charge in [-0.2, -0.15) is 0 Å². The van der Waals surface area contributed by atoms with E-state index >= 15 is 0 Å². The smallest absolute Gasteiger partial charge is 0.269 e. The number of rotatable bonds is 4. The number of para-hydroxylation sites is 1. The number of benzodiazepines with no additional fused rings is 1. The highest BCUT2D eigenvalue weighted by atomic mass is 19.1. The summed E-state index contributed by atoms with van der Waals surface area (Å²) >= 11 is 0. The molecular formula is C25H18FN5O. The van der Waals surface area contributed by atoms with Crippen molar-refractivity contribution in [2.24, 2.45) is 4.99 Å². The van der Waals surface area contributed by atoms with Crippen LogP contribution in [0.15, 0.2) is 96.0 Å². The molecule has 7 heteroatoms. The van der Waals surface area contributed by atoms with Crippen LogP contribution < -0.4 is 10.6 Å². The molecule has 32 heavy (non-hydrogen) atoms. The summed E-state index contributed by atoms with van der Waals surface area (Å²) in [6.07, 6.45) is -0.899. The molecule has 0 fully saturated rings. The van der Waals surface area contributed by atoms with E-state index in [9.17, 15) is 9.18 Å². The molecule has 1 unspecified atom stereocenters. The lowest BCUT2D eigenvalue weighted by molar-refractivity contribution is -0.116. The fourth-order valence-corrected chi connectivity index (χ4v) is 3.50. The van der Waals surface area contributed by atoms with Crippen LogP contribution in [0, 0.1) is 5.82 Å². The average molecular weight is 423 g/mol. The fraction of sp³-hybridized carbons (Fsp3) is 0.0400. The van der Waals surface area contributed by atoms with Gasteiger partial charge in [-0.15, -0.1) is 10.2 Å². The lowest BCUT2D eigenvalue weighted by Crippen LogP contribution is -2.33. The standard InChI is InChI=1S/C25H18FN5O/c26-18-12-10-16(11-13-18)20-14-15-22(31-30-20)28-24-25(32)27-21-9-5-4-8-19(21)23(29-24)17-6-2-1-3-7-17/h1-15,24H,(H,27,32)(H,28,31). The van der Waals surface area contributed by atoms with Crippen LogP contribution in [0.5, 0.6) is 0 Å². The number of nitrogens with zero attached hydrogens (tertiary/aromatic N) is 3. The number of hydrogen-bond donors (Lipinski definition) is 2. The van der Waals surface area contributed by atoms with Crippen LogP contribution in [0.1, 0.15) is 11.1 Å². The van der Waals surface area contributed by atoms with Crippen molar-refractivity contribution >= 4 is 23.1 Å². The molecule has 1 aliphatic rings. The summed E-state index contributed by atoms with van der Waals surface area (Å²) in [6.45, 7) is 0. The summed E-state index contributed by atoms with van der Waals surface area (Å²) in [5.41, 5.74) is 4.49. The van der Waals surface area contributed by atoms with Gasteiger partial charge in [0.1, 0.15) is 5.82 Å². The van der Waals surface area contributed by atoms with Crippen molar-refractivity contribution in [3.8, 4) is 11.3 Å². The topological polar surface area (TPSA) is 79.3 Å². The van der Waals surface area contributed by atoms with Crippen LogP contribution in [0.4, 0.5) is 15.9 Å². The summed E-state index contributed by atoms with van der Waals surface area (Å²) in [5, 5.41) is 14.4. The zero-order chi connectivity index (χ0) is 21.9. The maximum Gasteiger partial charge on any atom is 0.269 e. The monoisotopic (exact) mass is 423 g/mol. The molecule has 4 aromatic rings. The first kappa shape index (κ1) is 19.6. The number of carbonyl (C=O) groups is 1. The van der Waals surface area contributed by atoms with Crippen molar-refractivity contribution < 1.29 is 9.18 Å². The minimum atomic E-state index is -0.899. The van der Waals surface area contributed by atoms with Crippen molar-refractivity contribution in [1.82, 2.24) is 10.2 Å². The number of fused-ring (bicyclic) bond motifs is 1. The van der Waals surface area contributed by atoms with Crippen molar-refractivity contribution in [2.45, 2.75) is 6.17 Å². The van der Waals surface area contributed by atoms with Crippen molar-refractivity contribution in [3.05, 3.63) is 108 Å². The molecule has 2 heterocycles. The Morgan fingerprint density at radius 3 is 2.28 bits per heavy atom. The average Bonchev–Trinajstić information content (AvgIpc) is 2.97. The van der Waals surface area contributed by atoms with Crippen molar-refractivity contribution in [3.63, 3.8) is 0 Å². The number of amides is 1. The summed E-state index contributed by atoms with van der Waals surface area (Å²) in [5.74, 6) is -0.210. The zero-order valence-corrected chi connectivity index (χ0v) is 16.9. The molecule has 0 radical (unpaired) electrons. The first-order chi connectivity index (χ1) is 15.7. The first-order valence-electron chi connectivity index (χ1n) is 10.1. The third-order valence-corrected chi connectivity index (χ3v) is 5.08. The van der Waals surface area contributed by atoms with Gasteiger partial charge in [0.15, 0.2) is 5.82 Å². The van der Waals surface area contributed by atoms with E-state index in [0.717, 1.165) is 16.7 Å². The Hall–Kier alpha value is -4.39. The van der Waals surface area contributed by atoms with E-state index in [2.05, 4.69) is 20.8 Å². The van der Waals surface area contributed by atoms with Crippen LogP contribution in [0.2, 0.25) is 0 Å². The van der Waals surface area contributed by atoms with Gasteiger partial charge >= 0.3 is 0 Å². The highest BCUT2D eigenvalue weighted by molar-refractivity contribution is 6.19. The van der Waals surface area contributed by atoms with Crippen LogP contribution in [0.3, 0.4) is 0 Å². The highest BCUT2D eigenvalue weighted by Crippen LogP contribution is 2.25. The van der Waals surface area contributed by atoms with Gasteiger partial charge in [0.2, 0.25) is 6.17 Å². The molecule has 0 saturated carbocycles. The lowest BCUT2D eigenvalue weighted by atomic mass is 10.0. The van der Waals surface area contributed by atoms with Crippen LogP contribution in [-0.4, -0.2) is 28.0 Å². The van der Waals surface area contributed by atoms with Crippen LogP contribution in [0.25, 0.3) is 11.3 Å². The van der Waals surface area contributed by atoms with Crippen LogP contribution >= 0.6 is 0 Å². The molecule has 1 atom stereocenters. The van der Waals surface area contributed by atoms with Crippen molar-refractivity contribution in [2.75, 3.05) is 10.6 Å². The summed E-state index contributed by atoms with van der Waals surface area (Å²) in [6, 6.07) is 26.8. The second kappa shape index (κ2) is 8.39. The van der Waals surface area contributed by atoms with E-state index in [0.29, 0.717) is 22.9 Å². The molecule has 0 saturated heterocycles. The minimum Gasteiger partial charge on any atom is -0.339 e. The summed E-state index contributed by atoms with van der Waals surface area (Å²) in [7, 11) is 0. The Bertz CT molecular complexity index is 1290. The van der Waals surface area contributed by atoms with E-state index in [-0.39, 0.29) is 11.7 Å². The molecule has 5 rings (SSSR count). The third-order valence-electron chi connectivity index (χ3n) is 5.08. The van der Waals surface area contributed by atoms with Gasteiger partial charge in [-0.25, -0.2) is 9.38 Å². The number of hydrogen-bond acceptors (Lipinski definition) is 5. The Morgan fingerprint density at radius 2 is 1.53 bits per heavy atom. The predicted octanol–water partition coefficient (Wildman–Crippen LogP) is 4.51. The van der Waals surface area contributed by atoms with Gasteiger partial charge < -0.3 is 10.6 Å².